The fourth-order valence-electron chi connectivity index (χ4n) is 1.10. The molecule has 0 radical (unpaired) electrons. The van der Waals surface area contributed by atoms with Crippen LogP contribution >= 0.6 is 27.7 Å². The van der Waals surface area contributed by atoms with Crippen molar-refractivity contribution >= 4 is 27.7 Å². The Bertz CT molecular complexity index is 271. The molecule has 2 heteroatoms. The van der Waals surface area contributed by atoms with Crippen molar-refractivity contribution in [3.05, 3.63) is 28.2 Å². The highest BCUT2D eigenvalue weighted by atomic mass is 79.9. The number of benzene rings is 1. The van der Waals surface area contributed by atoms with Crippen LogP contribution in [0.25, 0.3) is 0 Å². The van der Waals surface area contributed by atoms with Crippen LogP contribution in [0.2, 0.25) is 0 Å². The molecule has 0 aliphatic carbocycles. The second kappa shape index (κ2) is 5.71. The van der Waals surface area contributed by atoms with E-state index in [2.05, 4.69) is 48.0 Å². The molecule has 0 atom stereocenters. The molecular weight excluding hydrogens is 244 g/mol. The number of aryl methyl sites for hydroxylation is 1. The van der Waals surface area contributed by atoms with E-state index in [1.165, 1.54) is 33.5 Å². The summed E-state index contributed by atoms with van der Waals surface area (Å²) in [6.07, 6.45) is 2.59. The number of halogens is 1. The molecule has 0 heterocycles. The maximum absolute atomic E-state index is 3.47. The van der Waals surface area contributed by atoms with Gasteiger partial charge < -0.3 is 0 Å². The van der Waals surface area contributed by atoms with E-state index < -0.39 is 0 Å². The van der Waals surface area contributed by atoms with Crippen LogP contribution in [0, 0.1) is 6.92 Å². The zero-order valence-electron chi connectivity index (χ0n) is 8.14. The molecule has 0 saturated heterocycles. The van der Waals surface area contributed by atoms with Crippen molar-refractivity contribution < 1.29 is 0 Å². The summed E-state index contributed by atoms with van der Waals surface area (Å²) in [5.74, 6) is 1.24. The zero-order chi connectivity index (χ0) is 9.68. The second-order valence-corrected chi connectivity index (χ2v) is 5.16. The second-order valence-electron chi connectivity index (χ2n) is 3.11. The van der Waals surface area contributed by atoms with Gasteiger partial charge in [-0.3, -0.25) is 0 Å². The van der Waals surface area contributed by atoms with Crippen LogP contribution in [-0.4, -0.2) is 5.75 Å². The lowest BCUT2D eigenvalue weighted by Gasteiger charge is -2.04. The minimum absolute atomic E-state index is 1.17. The molecule has 0 unspecified atom stereocenters. The molecule has 0 fully saturated rings. The first kappa shape index (κ1) is 11.1. The summed E-state index contributed by atoms with van der Waals surface area (Å²) in [5, 5.41) is 0. The smallest absolute Gasteiger partial charge is 0.0178 e. The van der Waals surface area contributed by atoms with Gasteiger partial charge in [-0.05, 0) is 42.9 Å². The van der Waals surface area contributed by atoms with Gasteiger partial charge in [0.05, 0.1) is 0 Å². The molecule has 0 aliphatic heterocycles. The molecular formula is C11H15BrS. The van der Waals surface area contributed by atoms with E-state index in [-0.39, 0.29) is 0 Å². The van der Waals surface area contributed by atoms with Crippen molar-refractivity contribution in [3.8, 4) is 0 Å². The fraction of sp³-hybridized carbons (Fsp3) is 0.455. The standard InChI is InChI=1S/C11H15BrS/c1-3-4-7-13-11-6-5-10(12)8-9(11)2/h5-6,8H,3-4,7H2,1-2H3. The van der Waals surface area contributed by atoms with Crippen molar-refractivity contribution in [2.24, 2.45) is 0 Å². The first-order chi connectivity index (χ1) is 6.24. The predicted molar refractivity (Wildman–Crippen MR) is 64.5 cm³/mol. The highest BCUT2D eigenvalue weighted by Crippen LogP contribution is 2.25. The van der Waals surface area contributed by atoms with E-state index in [0.717, 1.165) is 0 Å². The van der Waals surface area contributed by atoms with E-state index in [1.807, 2.05) is 11.8 Å². The molecule has 72 valence electrons. The number of unbranched alkanes of at least 4 members (excludes halogenated alkanes) is 1. The Morgan fingerprint density at radius 2 is 2.15 bits per heavy atom. The Morgan fingerprint density at radius 1 is 1.38 bits per heavy atom. The molecule has 0 aliphatic rings. The molecule has 0 spiro atoms. The maximum atomic E-state index is 3.47. The highest BCUT2D eigenvalue weighted by Gasteiger charge is 1.98. The summed E-state index contributed by atoms with van der Waals surface area (Å²) in [4.78, 5) is 1.41. The minimum atomic E-state index is 1.17. The summed E-state index contributed by atoms with van der Waals surface area (Å²) >= 11 is 5.43. The Balaban J connectivity index is 2.56. The van der Waals surface area contributed by atoms with Crippen LogP contribution in [0.1, 0.15) is 25.3 Å². The van der Waals surface area contributed by atoms with Gasteiger partial charge in [-0.1, -0.05) is 29.3 Å². The Hall–Kier alpha value is 0.0500. The lowest BCUT2D eigenvalue weighted by molar-refractivity contribution is 0.896. The van der Waals surface area contributed by atoms with Crippen molar-refractivity contribution in [2.45, 2.75) is 31.6 Å². The van der Waals surface area contributed by atoms with E-state index in [9.17, 15) is 0 Å². The molecule has 0 aromatic heterocycles. The van der Waals surface area contributed by atoms with Crippen LogP contribution in [0.4, 0.5) is 0 Å². The monoisotopic (exact) mass is 258 g/mol. The molecule has 1 aromatic carbocycles. The number of hydrogen-bond acceptors (Lipinski definition) is 1. The third-order valence-electron chi connectivity index (χ3n) is 1.89. The first-order valence-electron chi connectivity index (χ1n) is 4.63. The maximum Gasteiger partial charge on any atom is 0.0178 e. The molecule has 0 amide bonds. The highest BCUT2D eigenvalue weighted by molar-refractivity contribution is 9.10. The van der Waals surface area contributed by atoms with Crippen LogP contribution < -0.4 is 0 Å². The largest absolute Gasteiger partial charge is 0.126 e. The lowest BCUT2D eigenvalue weighted by Crippen LogP contribution is -1.82. The van der Waals surface area contributed by atoms with Crippen molar-refractivity contribution in [3.63, 3.8) is 0 Å². The molecule has 1 rings (SSSR count). The molecule has 1 aromatic rings. The first-order valence-corrected chi connectivity index (χ1v) is 6.41. The minimum Gasteiger partial charge on any atom is -0.126 e. The van der Waals surface area contributed by atoms with Gasteiger partial charge in [-0.15, -0.1) is 11.8 Å². The zero-order valence-corrected chi connectivity index (χ0v) is 10.5. The van der Waals surface area contributed by atoms with Crippen LogP contribution in [0.3, 0.4) is 0 Å². The van der Waals surface area contributed by atoms with Crippen LogP contribution in [-0.2, 0) is 0 Å². The normalized spacial score (nSPS) is 10.4. The van der Waals surface area contributed by atoms with Crippen molar-refractivity contribution in [2.75, 3.05) is 5.75 Å². The third kappa shape index (κ3) is 3.74. The summed E-state index contributed by atoms with van der Waals surface area (Å²) in [6, 6.07) is 6.48. The van der Waals surface area contributed by atoms with E-state index in [0.29, 0.717) is 0 Å². The molecule has 0 saturated carbocycles. The number of thioether (sulfide) groups is 1. The van der Waals surface area contributed by atoms with Crippen LogP contribution in [0.5, 0.6) is 0 Å². The summed E-state index contributed by atoms with van der Waals surface area (Å²) in [5.41, 5.74) is 1.37. The van der Waals surface area contributed by atoms with Crippen molar-refractivity contribution in [1.29, 1.82) is 0 Å². The van der Waals surface area contributed by atoms with E-state index >= 15 is 0 Å². The van der Waals surface area contributed by atoms with E-state index in [4.69, 9.17) is 0 Å². The van der Waals surface area contributed by atoms with Gasteiger partial charge in [-0.25, -0.2) is 0 Å². The average molecular weight is 259 g/mol. The SMILES string of the molecule is CCCCSc1ccc(Br)cc1C. The van der Waals surface area contributed by atoms with Gasteiger partial charge >= 0.3 is 0 Å². The Kier molecular flexibility index (Phi) is 4.89. The average Bonchev–Trinajstić information content (AvgIpc) is 2.09. The van der Waals surface area contributed by atoms with E-state index in [1.54, 1.807) is 0 Å². The third-order valence-corrected chi connectivity index (χ3v) is 3.65. The van der Waals surface area contributed by atoms with Gasteiger partial charge in [0.15, 0.2) is 0 Å². The number of hydrogen-bond donors (Lipinski definition) is 0. The quantitative estimate of drug-likeness (QED) is 0.560. The van der Waals surface area contributed by atoms with Gasteiger partial charge in [0, 0.05) is 9.37 Å². The number of rotatable bonds is 4. The topological polar surface area (TPSA) is 0 Å². The molecule has 0 bridgehead atoms. The van der Waals surface area contributed by atoms with Crippen LogP contribution in [0.15, 0.2) is 27.6 Å². The summed E-state index contributed by atoms with van der Waals surface area (Å²) < 4.78 is 1.17. The van der Waals surface area contributed by atoms with Gasteiger partial charge in [0.2, 0.25) is 0 Å². The lowest BCUT2D eigenvalue weighted by atomic mass is 10.2. The van der Waals surface area contributed by atoms with Gasteiger partial charge in [-0.2, -0.15) is 0 Å². The molecule has 13 heavy (non-hydrogen) atoms. The summed E-state index contributed by atoms with van der Waals surface area (Å²) in [7, 11) is 0. The molecule has 0 N–H and O–H groups in total. The fourth-order valence-corrected chi connectivity index (χ4v) is 2.68. The Labute approximate surface area is 93.2 Å². The van der Waals surface area contributed by atoms with Gasteiger partial charge in [0.1, 0.15) is 0 Å². The predicted octanol–water partition coefficient (Wildman–Crippen LogP) is 4.65. The van der Waals surface area contributed by atoms with Gasteiger partial charge in [0.25, 0.3) is 0 Å². The summed E-state index contributed by atoms with van der Waals surface area (Å²) in [6.45, 7) is 4.40. The molecule has 0 nitrogen and oxygen atoms in total. The van der Waals surface area contributed by atoms with Crippen molar-refractivity contribution in [1.82, 2.24) is 0 Å². The Morgan fingerprint density at radius 3 is 2.77 bits per heavy atom.